The monoisotopic (exact) mass is 524 g/mol. The Morgan fingerprint density at radius 1 is 1.00 bits per heavy atom. The van der Waals surface area contributed by atoms with Gasteiger partial charge in [-0.2, -0.15) is 0 Å². The molecule has 0 aromatic heterocycles. The number of carbonyl (C=O) groups excluding carboxylic acids is 5. The minimum atomic E-state index is -1.23. The van der Waals surface area contributed by atoms with Crippen LogP contribution in [0, 0.1) is 35.0 Å². The van der Waals surface area contributed by atoms with Crippen molar-refractivity contribution in [3.8, 4) is 0 Å². The molecule has 0 spiro atoms. The molecule has 38 heavy (non-hydrogen) atoms. The third kappa shape index (κ3) is 3.78. The summed E-state index contributed by atoms with van der Waals surface area (Å²) >= 11 is 0. The molecule has 0 unspecified atom stereocenters. The van der Waals surface area contributed by atoms with E-state index in [9.17, 15) is 29.1 Å². The highest BCUT2D eigenvalue weighted by molar-refractivity contribution is 5.95. The number of hydrogen-bond donors (Lipinski definition) is 1. The van der Waals surface area contributed by atoms with Gasteiger partial charge in [0.2, 0.25) is 0 Å². The topological polar surface area (TPSA) is 124 Å². The first-order chi connectivity index (χ1) is 17.7. The van der Waals surface area contributed by atoms with Crippen molar-refractivity contribution in [2.75, 3.05) is 0 Å². The maximum absolute atomic E-state index is 14.0. The van der Waals surface area contributed by atoms with Crippen molar-refractivity contribution in [2.24, 2.45) is 35.0 Å². The number of rotatable bonds is 7. The fourth-order valence-corrected chi connectivity index (χ4v) is 8.36. The van der Waals surface area contributed by atoms with Crippen LogP contribution in [0.2, 0.25) is 0 Å². The van der Waals surface area contributed by atoms with Gasteiger partial charge in [0.15, 0.2) is 0 Å². The van der Waals surface area contributed by atoms with Crippen LogP contribution < -0.4 is 0 Å². The lowest BCUT2D eigenvalue weighted by atomic mass is 9.61. The quantitative estimate of drug-likeness (QED) is 0.306. The summed E-state index contributed by atoms with van der Waals surface area (Å²) in [6, 6.07) is 0. The van der Waals surface area contributed by atoms with Gasteiger partial charge in [0.1, 0.15) is 29.6 Å². The van der Waals surface area contributed by atoms with Crippen molar-refractivity contribution in [1.29, 1.82) is 0 Å². The van der Waals surface area contributed by atoms with Crippen LogP contribution in [0.4, 0.5) is 0 Å². The average Bonchev–Trinajstić information content (AvgIpc) is 3.45. The largest absolute Gasteiger partial charge is 0.458 e. The lowest BCUT2D eigenvalue weighted by Gasteiger charge is -2.42. The summed E-state index contributed by atoms with van der Waals surface area (Å²) in [5, 5.41) is 11.7. The van der Waals surface area contributed by atoms with Crippen LogP contribution in [-0.4, -0.2) is 52.2 Å². The lowest BCUT2D eigenvalue weighted by Crippen LogP contribution is -2.46. The maximum Gasteiger partial charge on any atom is 0.334 e. The van der Waals surface area contributed by atoms with Crippen molar-refractivity contribution in [3.63, 3.8) is 0 Å². The van der Waals surface area contributed by atoms with Crippen LogP contribution in [0.15, 0.2) is 35.5 Å². The van der Waals surface area contributed by atoms with Gasteiger partial charge in [-0.05, 0) is 63.5 Å². The van der Waals surface area contributed by atoms with Gasteiger partial charge in [0.05, 0.1) is 5.60 Å². The average molecular weight is 525 g/mol. The van der Waals surface area contributed by atoms with Crippen molar-refractivity contribution in [1.82, 2.24) is 0 Å². The molecule has 204 valence electrons. The van der Waals surface area contributed by atoms with Crippen LogP contribution in [-0.2, 0) is 33.4 Å². The van der Waals surface area contributed by atoms with E-state index in [1.165, 1.54) is 13.8 Å². The van der Waals surface area contributed by atoms with Crippen LogP contribution in [0.25, 0.3) is 0 Å². The minimum absolute atomic E-state index is 0.0245. The van der Waals surface area contributed by atoms with Gasteiger partial charge in [-0.3, -0.25) is 9.59 Å². The smallest absolute Gasteiger partial charge is 0.334 e. The Morgan fingerprint density at radius 3 is 2.29 bits per heavy atom. The molecule has 2 aliphatic heterocycles. The second-order valence-electron chi connectivity index (χ2n) is 12.4. The van der Waals surface area contributed by atoms with Gasteiger partial charge in [-0.25, -0.2) is 9.59 Å². The van der Waals surface area contributed by atoms with Crippen molar-refractivity contribution in [2.45, 2.75) is 84.0 Å². The lowest BCUT2D eigenvalue weighted by molar-refractivity contribution is -0.143. The molecule has 8 nitrogen and oxygen atoms in total. The number of fused-ring (bicyclic) bond motifs is 6. The van der Waals surface area contributed by atoms with E-state index in [0.29, 0.717) is 36.8 Å². The van der Waals surface area contributed by atoms with Gasteiger partial charge >= 0.3 is 11.9 Å². The highest BCUT2D eigenvalue weighted by atomic mass is 16.6. The second kappa shape index (κ2) is 8.83. The molecule has 0 radical (unpaired) electrons. The Bertz CT molecular complexity index is 1220. The van der Waals surface area contributed by atoms with E-state index in [4.69, 9.17) is 9.47 Å². The zero-order chi connectivity index (χ0) is 27.9. The standard InChI is InChI=1S/C30H36O8/c1-13(31)7-8-17-14(2)27(34)37-21(17)11-20(33)22-19-12-29(5,23(22)16(4)32)25-24(19)30(6,36)10-9-18-15(3)28(35)38-26(18)25/h17-19,21-23,26,36H,2-3,7-12H2,1,4-6H3/t17-,18-,19-,21+,22-,23-,26-,29+,30-/m0/s1. The van der Waals surface area contributed by atoms with Gasteiger partial charge in [0.25, 0.3) is 0 Å². The van der Waals surface area contributed by atoms with E-state index < -0.39 is 58.8 Å². The molecule has 0 aromatic carbocycles. The maximum atomic E-state index is 14.0. The van der Waals surface area contributed by atoms with E-state index in [-0.39, 0.29) is 41.7 Å². The Hall–Kier alpha value is -2.87. The molecule has 5 aliphatic rings. The fraction of sp³-hybridized carbons (Fsp3) is 0.633. The van der Waals surface area contributed by atoms with Crippen molar-refractivity contribution >= 4 is 29.3 Å². The number of ether oxygens (including phenoxy) is 2. The van der Waals surface area contributed by atoms with Crippen LogP contribution in [0.3, 0.4) is 0 Å². The van der Waals surface area contributed by atoms with E-state index in [1.54, 1.807) is 6.92 Å². The minimum Gasteiger partial charge on any atom is -0.458 e. The molecule has 5 rings (SSSR count). The molecule has 2 saturated heterocycles. The highest BCUT2D eigenvalue weighted by Gasteiger charge is 2.68. The highest BCUT2D eigenvalue weighted by Crippen LogP contribution is 2.69. The molecule has 8 heteroatoms. The summed E-state index contributed by atoms with van der Waals surface area (Å²) in [5.74, 6) is -3.84. The van der Waals surface area contributed by atoms with E-state index >= 15 is 0 Å². The number of ketones is 3. The second-order valence-corrected chi connectivity index (χ2v) is 12.4. The molecular weight excluding hydrogens is 488 g/mol. The summed E-state index contributed by atoms with van der Waals surface area (Å²) < 4.78 is 11.3. The Labute approximate surface area is 222 Å². The summed E-state index contributed by atoms with van der Waals surface area (Å²) in [7, 11) is 0. The number of Topliss-reactive ketones (excluding diaryl/α,β-unsaturated/α-hetero) is 3. The normalized spacial score (nSPS) is 41.6. The number of hydrogen-bond acceptors (Lipinski definition) is 8. The van der Waals surface area contributed by atoms with Crippen LogP contribution in [0.1, 0.15) is 66.2 Å². The van der Waals surface area contributed by atoms with Gasteiger partial charge in [-0.1, -0.05) is 20.1 Å². The first kappa shape index (κ1) is 26.7. The van der Waals surface area contributed by atoms with Crippen LogP contribution in [0.5, 0.6) is 0 Å². The Balaban J connectivity index is 1.52. The first-order valence-electron chi connectivity index (χ1n) is 13.5. The Morgan fingerprint density at radius 2 is 1.66 bits per heavy atom. The Kier molecular flexibility index (Phi) is 6.21. The first-order valence-corrected chi connectivity index (χ1v) is 13.5. The van der Waals surface area contributed by atoms with E-state index in [0.717, 1.165) is 5.57 Å². The third-order valence-corrected chi connectivity index (χ3v) is 9.95. The van der Waals surface area contributed by atoms with Gasteiger partial charge < -0.3 is 19.4 Å². The molecule has 2 heterocycles. The summed E-state index contributed by atoms with van der Waals surface area (Å²) in [6.07, 6.45) is 0.575. The molecule has 1 N–H and O–H groups in total. The molecule has 1 saturated carbocycles. The van der Waals surface area contributed by atoms with Gasteiger partial charge in [-0.15, -0.1) is 0 Å². The number of aliphatic hydroxyl groups is 1. The summed E-state index contributed by atoms with van der Waals surface area (Å²) in [6.45, 7) is 14.4. The number of carbonyl (C=O) groups is 5. The SMILES string of the molecule is C=C1C(=O)O[C@@H]2C3=C([C@H]4C[C@]3(C)[C@@H](C(C)=O)[C@@H]4C(=O)C[C@H]3OC(=O)C(=C)[C@@H]3CCC(C)=O)[C@@](C)(O)CC[C@@H]12. The predicted molar refractivity (Wildman–Crippen MR) is 135 cm³/mol. The van der Waals surface area contributed by atoms with Gasteiger partial charge in [0, 0.05) is 53.1 Å². The summed E-state index contributed by atoms with van der Waals surface area (Å²) in [4.78, 5) is 63.5. The molecule has 3 fully saturated rings. The van der Waals surface area contributed by atoms with Crippen molar-refractivity contribution < 1.29 is 38.6 Å². The third-order valence-electron chi connectivity index (χ3n) is 9.95. The number of esters is 2. The molecule has 0 amide bonds. The molecule has 2 bridgehead atoms. The van der Waals surface area contributed by atoms with E-state index in [2.05, 4.69) is 13.2 Å². The zero-order valence-corrected chi connectivity index (χ0v) is 22.5. The number of cyclic esters (lactones) is 1. The fourth-order valence-electron chi connectivity index (χ4n) is 8.36. The molecule has 9 atom stereocenters. The molecular formula is C30H36O8. The predicted octanol–water partition coefficient (Wildman–Crippen LogP) is 3.21. The molecule has 3 aliphatic carbocycles. The van der Waals surface area contributed by atoms with E-state index in [1.807, 2.05) is 6.92 Å². The van der Waals surface area contributed by atoms with Crippen molar-refractivity contribution in [3.05, 3.63) is 35.5 Å². The zero-order valence-electron chi connectivity index (χ0n) is 22.5. The van der Waals surface area contributed by atoms with Crippen LogP contribution >= 0.6 is 0 Å². The summed E-state index contributed by atoms with van der Waals surface area (Å²) in [5.41, 5.74) is 0.153. The molecule has 0 aromatic rings.